The first-order valence-corrected chi connectivity index (χ1v) is 21.3. The summed E-state index contributed by atoms with van der Waals surface area (Å²) in [6, 6.07) is 27.8. The molecule has 0 aliphatic carbocycles. The SMILES string of the molecule is C[C@@H]1Cc2c([nH]c3ccccc23)[C@@H](c2sc(O[C@@H]3CCN(CCCF)C3)cc2F)N1CC(F)(F)CO[Si](c1ccccc1)(c1ccccc1)C(C)(C)C. The van der Waals surface area contributed by atoms with Gasteiger partial charge in [-0.2, -0.15) is 0 Å². The van der Waals surface area contributed by atoms with Crippen molar-refractivity contribution in [2.24, 2.45) is 0 Å². The number of para-hydroxylation sites is 1. The van der Waals surface area contributed by atoms with Gasteiger partial charge in [0.05, 0.1) is 30.7 Å². The molecule has 3 aromatic carbocycles. The highest BCUT2D eigenvalue weighted by Gasteiger charge is 2.52. The summed E-state index contributed by atoms with van der Waals surface area (Å²) in [5.74, 6) is -3.75. The molecule has 2 aliphatic heterocycles. The Morgan fingerprint density at radius 1 is 0.943 bits per heavy atom. The molecule has 1 N–H and O–H groups in total. The Morgan fingerprint density at radius 3 is 2.26 bits per heavy atom. The van der Waals surface area contributed by atoms with Crippen molar-refractivity contribution in [2.75, 3.05) is 39.5 Å². The molecular weight excluding hydrogens is 715 g/mol. The summed E-state index contributed by atoms with van der Waals surface area (Å²) >= 11 is 1.19. The lowest BCUT2D eigenvalue weighted by molar-refractivity contribution is -0.0820. The van der Waals surface area contributed by atoms with E-state index < -0.39 is 44.3 Å². The van der Waals surface area contributed by atoms with Crippen LogP contribution in [-0.4, -0.2) is 80.6 Å². The lowest BCUT2D eigenvalue weighted by Gasteiger charge is -2.45. The second kappa shape index (κ2) is 15.3. The molecule has 11 heteroatoms. The van der Waals surface area contributed by atoms with Gasteiger partial charge < -0.3 is 14.1 Å². The van der Waals surface area contributed by atoms with Gasteiger partial charge in [-0.3, -0.25) is 14.2 Å². The molecule has 0 spiro atoms. The quantitative estimate of drug-likeness (QED) is 0.0963. The van der Waals surface area contributed by atoms with E-state index in [1.807, 2.05) is 91.9 Å². The van der Waals surface area contributed by atoms with E-state index in [1.165, 1.54) is 17.4 Å². The highest BCUT2D eigenvalue weighted by atomic mass is 32.1. The number of hydrogen-bond acceptors (Lipinski definition) is 5. The van der Waals surface area contributed by atoms with Crippen molar-refractivity contribution in [1.29, 1.82) is 0 Å². The van der Waals surface area contributed by atoms with Crippen LogP contribution in [0.25, 0.3) is 10.9 Å². The van der Waals surface area contributed by atoms with Crippen LogP contribution in [0.2, 0.25) is 5.04 Å². The van der Waals surface area contributed by atoms with Gasteiger partial charge in [0.2, 0.25) is 0 Å². The molecule has 7 rings (SSSR count). The Labute approximate surface area is 315 Å². The fourth-order valence-corrected chi connectivity index (χ4v) is 14.1. The summed E-state index contributed by atoms with van der Waals surface area (Å²) < 4.78 is 75.7. The predicted molar refractivity (Wildman–Crippen MR) is 209 cm³/mol. The zero-order valence-electron chi connectivity index (χ0n) is 30.9. The van der Waals surface area contributed by atoms with E-state index >= 15 is 13.2 Å². The van der Waals surface area contributed by atoms with Crippen LogP contribution in [0.1, 0.15) is 62.7 Å². The number of nitrogens with one attached hydrogen (secondary N) is 1. The van der Waals surface area contributed by atoms with E-state index in [1.54, 1.807) is 4.90 Å². The Bertz CT molecular complexity index is 1940. The van der Waals surface area contributed by atoms with E-state index in [9.17, 15) is 4.39 Å². The number of H-pyrrole nitrogens is 1. The van der Waals surface area contributed by atoms with Gasteiger partial charge in [-0.05, 0) is 53.2 Å². The minimum absolute atomic E-state index is 0.145. The molecule has 1 fully saturated rings. The van der Waals surface area contributed by atoms with Crippen LogP contribution in [0.5, 0.6) is 5.06 Å². The minimum atomic E-state index is -3.27. The molecule has 0 bridgehead atoms. The first kappa shape index (κ1) is 37.8. The molecule has 5 aromatic rings. The molecular formula is C42H49F4N3O2SSi. The number of nitrogens with zero attached hydrogens (tertiary/aromatic N) is 2. The van der Waals surface area contributed by atoms with Crippen LogP contribution in [0.15, 0.2) is 91.0 Å². The highest BCUT2D eigenvalue weighted by Crippen LogP contribution is 2.47. The van der Waals surface area contributed by atoms with E-state index in [4.69, 9.17) is 9.16 Å². The van der Waals surface area contributed by atoms with Crippen molar-refractivity contribution in [1.82, 2.24) is 14.8 Å². The first-order valence-electron chi connectivity index (χ1n) is 18.6. The van der Waals surface area contributed by atoms with Crippen molar-refractivity contribution in [2.45, 2.75) is 76.1 Å². The maximum atomic E-state index is 16.8. The monoisotopic (exact) mass is 763 g/mol. The lowest BCUT2D eigenvalue weighted by atomic mass is 9.91. The third-order valence-corrected chi connectivity index (χ3v) is 16.9. The number of benzene rings is 3. The van der Waals surface area contributed by atoms with Crippen LogP contribution >= 0.6 is 11.3 Å². The summed E-state index contributed by atoms with van der Waals surface area (Å²) in [7, 11) is -3.24. The zero-order chi connectivity index (χ0) is 37.4. The average Bonchev–Trinajstić information content (AvgIpc) is 3.84. The van der Waals surface area contributed by atoms with Gasteiger partial charge >= 0.3 is 0 Å². The smallest absolute Gasteiger partial charge is 0.282 e. The largest absolute Gasteiger partial charge is 0.479 e. The van der Waals surface area contributed by atoms with Gasteiger partial charge in [0.1, 0.15) is 11.9 Å². The number of hydrogen-bond donors (Lipinski definition) is 1. The standard InChI is InChI=1S/C42H49F4N3O2SSi/c1-29-24-34-33-18-11-12-19-36(33)47-38(34)39(40-35(44)25-37(52-40)51-30-20-23-48(26-30)22-13-21-43)49(29)27-42(45,46)28-50-53(41(2,3)4,31-14-7-5-8-15-31)32-16-9-6-10-17-32/h5-12,14-19,25,29-30,39,47H,13,20-24,26-28H2,1-4H3/t29-,30-,39+/m1/s1. The minimum Gasteiger partial charge on any atom is -0.479 e. The summed E-state index contributed by atoms with van der Waals surface area (Å²) in [5, 5.41) is 2.84. The molecule has 53 heavy (non-hydrogen) atoms. The second-order valence-corrected chi connectivity index (χ2v) is 21.0. The van der Waals surface area contributed by atoms with E-state index in [0.717, 1.165) is 45.5 Å². The van der Waals surface area contributed by atoms with Gasteiger partial charge in [-0.25, -0.2) is 13.2 Å². The van der Waals surface area contributed by atoms with Gasteiger partial charge in [0.25, 0.3) is 14.2 Å². The van der Waals surface area contributed by atoms with Gasteiger partial charge in [0, 0.05) is 48.3 Å². The Hall–Kier alpha value is -3.48. The first-order chi connectivity index (χ1) is 25.4. The second-order valence-electron chi connectivity index (χ2n) is 15.6. The number of aromatic amines is 1. The van der Waals surface area contributed by atoms with E-state index in [2.05, 4.69) is 30.7 Å². The highest BCUT2D eigenvalue weighted by molar-refractivity contribution is 7.14. The molecule has 4 heterocycles. The topological polar surface area (TPSA) is 40.7 Å². The van der Waals surface area contributed by atoms with Gasteiger partial charge in [-0.15, -0.1) is 0 Å². The van der Waals surface area contributed by atoms with Crippen LogP contribution in [0.3, 0.4) is 0 Å². The number of alkyl halides is 3. The molecule has 0 amide bonds. The van der Waals surface area contributed by atoms with Crippen molar-refractivity contribution in [3.63, 3.8) is 0 Å². The maximum absolute atomic E-state index is 16.8. The molecule has 2 aliphatic rings. The van der Waals surface area contributed by atoms with Crippen molar-refractivity contribution >= 4 is 40.9 Å². The zero-order valence-corrected chi connectivity index (χ0v) is 32.7. The molecule has 0 radical (unpaired) electrons. The Kier molecular flexibility index (Phi) is 10.9. The third-order valence-electron chi connectivity index (χ3n) is 10.9. The molecule has 0 unspecified atom stereocenters. The fraction of sp³-hybridized carbons (Fsp3) is 0.429. The number of fused-ring (bicyclic) bond motifs is 3. The molecule has 2 aromatic heterocycles. The predicted octanol–water partition coefficient (Wildman–Crippen LogP) is 8.73. The molecule has 282 valence electrons. The van der Waals surface area contributed by atoms with Gasteiger partial charge in [0.15, 0.2) is 5.06 Å². The van der Waals surface area contributed by atoms with Crippen molar-refractivity contribution in [3.8, 4) is 5.06 Å². The number of rotatable bonds is 13. The number of likely N-dealkylation sites (tertiary alicyclic amines) is 1. The molecule has 5 nitrogen and oxygen atoms in total. The normalized spacial score (nSPS) is 20.3. The fourth-order valence-electron chi connectivity index (χ4n) is 8.47. The van der Waals surface area contributed by atoms with Crippen LogP contribution in [-0.2, 0) is 10.8 Å². The summed E-state index contributed by atoms with van der Waals surface area (Å²) in [4.78, 5) is 7.76. The summed E-state index contributed by atoms with van der Waals surface area (Å²) in [5.41, 5.74) is 2.65. The van der Waals surface area contributed by atoms with E-state index in [-0.39, 0.29) is 18.8 Å². The lowest BCUT2D eigenvalue weighted by Crippen LogP contribution is -2.67. The number of thiophene rings is 1. The summed E-state index contributed by atoms with van der Waals surface area (Å²) in [6.07, 6.45) is 1.63. The van der Waals surface area contributed by atoms with Crippen LogP contribution in [0, 0.1) is 5.82 Å². The third kappa shape index (κ3) is 7.60. The number of halogens is 4. The Balaban J connectivity index is 1.21. The van der Waals surface area contributed by atoms with Crippen LogP contribution < -0.4 is 15.1 Å². The number of ether oxygens (including phenoxy) is 1. The molecule has 1 saturated heterocycles. The number of aromatic nitrogens is 1. The van der Waals surface area contributed by atoms with E-state index in [0.29, 0.717) is 35.9 Å². The molecule has 0 saturated carbocycles. The average molecular weight is 764 g/mol. The van der Waals surface area contributed by atoms with Crippen LogP contribution in [0.4, 0.5) is 17.6 Å². The van der Waals surface area contributed by atoms with Crippen molar-refractivity contribution in [3.05, 3.63) is 113 Å². The maximum Gasteiger partial charge on any atom is 0.282 e. The Morgan fingerprint density at radius 2 is 1.60 bits per heavy atom. The summed E-state index contributed by atoms with van der Waals surface area (Å²) in [6.45, 7) is 8.50. The van der Waals surface area contributed by atoms with Gasteiger partial charge in [-0.1, -0.05) is 111 Å². The van der Waals surface area contributed by atoms with Crippen molar-refractivity contribution < 1.29 is 26.7 Å². The molecule has 3 atom stereocenters.